The average Bonchev–Trinajstić information content (AvgIpc) is 2.57. The highest BCUT2D eigenvalue weighted by molar-refractivity contribution is 5.90. The van der Waals surface area contributed by atoms with Crippen molar-refractivity contribution in [2.24, 2.45) is 0 Å². The van der Waals surface area contributed by atoms with E-state index in [2.05, 4.69) is 10.6 Å². The van der Waals surface area contributed by atoms with Crippen molar-refractivity contribution in [2.75, 3.05) is 19.0 Å². The summed E-state index contributed by atoms with van der Waals surface area (Å²) in [5.74, 6) is 0.596. The van der Waals surface area contributed by atoms with Gasteiger partial charge in [-0.25, -0.2) is 0 Å². The highest BCUT2D eigenvalue weighted by Gasteiger charge is 2.04. The van der Waals surface area contributed by atoms with Gasteiger partial charge in [0.1, 0.15) is 5.75 Å². The Morgan fingerprint density at radius 2 is 1.65 bits per heavy atom. The van der Waals surface area contributed by atoms with Gasteiger partial charge in [0.25, 0.3) is 0 Å². The quantitative estimate of drug-likeness (QED) is 0.825. The Kier molecular flexibility index (Phi) is 6.17. The molecule has 0 aromatic heterocycles. The molecule has 2 aromatic carbocycles. The van der Waals surface area contributed by atoms with Crippen LogP contribution in [0.25, 0.3) is 0 Å². The largest absolute Gasteiger partial charge is 0.493 e. The molecule has 0 unspecified atom stereocenters. The minimum absolute atomic E-state index is 0.0418. The van der Waals surface area contributed by atoms with Gasteiger partial charge in [0.15, 0.2) is 0 Å². The smallest absolute Gasteiger partial charge is 0.227 e. The molecule has 0 spiro atoms. The highest BCUT2D eigenvalue weighted by atomic mass is 16.5. The van der Waals surface area contributed by atoms with Crippen molar-refractivity contribution in [3.63, 3.8) is 0 Å². The van der Waals surface area contributed by atoms with E-state index in [9.17, 15) is 9.59 Å². The molecule has 5 nitrogen and oxygen atoms in total. The van der Waals surface area contributed by atoms with Crippen LogP contribution in [0.5, 0.6) is 5.75 Å². The van der Waals surface area contributed by atoms with Crippen LogP contribution >= 0.6 is 0 Å². The number of hydrogen-bond donors (Lipinski definition) is 2. The van der Waals surface area contributed by atoms with Crippen molar-refractivity contribution in [1.82, 2.24) is 5.32 Å². The van der Waals surface area contributed by atoms with E-state index in [0.29, 0.717) is 18.7 Å². The third kappa shape index (κ3) is 5.82. The molecule has 0 atom stereocenters. The third-order valence-corrected chi connectivity index (χ3v) is 3.22. The maximum absolute atomic E-state index is 11.9. The summed E-state index contributed by atoms with van der Waals surface area (Å²) < 4.78 is 5.48. The van der Waals surface area contributed by atoms with Gasteiger partial charge in [-0.2, -0.15) is 0 Å². The van der Waals surface area contributed by atoms with Crippen LogP contribution in [0.4, 0.5) is 5.69 Å². The first-order valence-corrected chi connectivity index (χ1v) is 7.44. The van der Waals surface area contributed by atoms with Crippen molar-refractivity contribution in [3.05, 3.63) is 60.2 Å². The number of likely N-dealkylation sites (N-methyl/N-ethyl adjacent to an activating group) is 1. The molecule has 0 bridgehead atoms. The summed E-state index contributed by atoms with van der Waals surface area (Å²) >= 11 is 0. The molecule has 2 rings (SSSR count). The summed E-state index contributed by atoms with van der Waals surface area (Å²) in [5, 5.41) is 5.38. The van der Waals surface area contributed by atoms with Gasteiger partial charge < -0.3 is 15.4 Å². The van der Waals surface area contributed by atoms with Crippen LogP contribution in [0.1, 0.15) is 12.0 Å². The Morgan fingerprint density at radius 3 is 2.30 bits per heavy atom. The molecule has 0 saturated heterocycles. The number of amides is 2. The molecule has 0 aliphatic carbocycles. The zero-order valence-corrected chi connectivity index (χ0v) is 13.0. The van der Waals surface area contributed by atoms with Crippen LogP contribution in [-0.2, 0) is 16.0 Å². The van der Waals surface area contributed by atoms with Crippen LogP contribution in [0, 0.1) is 0 Å². The monoisotopic (exact) mass is 312 g/mol. The first-order valence-electron chi connectivity index (χ1n) is 7.44. The summed E-state index contributed by atoms with van der Waals surface area (Å²) in [7, 11) is 1.61. The van der Waals surface area contributed by atoms with Crippen LogP contribution in [0.15, 0.2) is 54.6 Å². The lowest BCUT2D eigenvalue weighted by molar-refractivity contribution is -0.120. The second-order valence-electron chi connectivity index (χ2n) is 5.01. The second-order valence-corrected chi connectivity index (χ2v) is 5.01. The number of rotatable bonds is 7. The standard InChI is InChI=1S/C18H20N2O3/c1-19-18(22)13-14-7-9-15(10-8-14)20-17(21)11-12-23-16-5-3-2-4-6-16/h2-10H,11-13H2,1H3,(H,19,22)(H,20,21). The molecule has 0 aliphatic heterocycles. The molecule has 5 heteroatoms. The molecule has 0 saturated carbocycles. The Morgan fingerprint density at radius 1 is 0.957 bits per heavy atom. The summed E-state index contributed by atoms with van der Waals surface area (Å²) in [6, 6.07) is 16.6. The molecule has 0 aliphatic rings. The number of benzene rings is 2. The van der Waals surface area contributed by atoms with Crippen molar-refractivity contribution < 1.29 is 14.3 Å². The average molecular weight is 312 g/mol. The first kappa shape index (κ1) is 16.5. The number of hydrogen-bond acceptors (Lipinski definition) is 3. The normalized spacial score (nSPS) is 9.96. The molecule has 2 aromatic rings. The fourth-order valence-electron chi connectivity index (χ4n) is 1.98. The van der Waals surface area contributed by atoms with E-state index in [0.717, 1.165) is 11.3 Å². The minimum Gasteiger partial charge on any atom is -0.493 e. The third-order valence-electron chi connectivity index (χ3n) is 3.22. The van der Waals surface area contributed by atoms with Gasteiger partial charge in [0.2, 0.25) is 11.8 Å². The number of nitrogens with one attached hydrogen (secondary N) is 2. The molecule has 120 valence electrons. The Labute approximate surface area is 135 Å². The van der Waals surface area contributed by atoms with E-state index in [-0.39, 0.29) is 18.2 Å². The Balaban J connectivity index is 1.75. The molecule has 23 heavy (non-hydrogen) atoms. The zero-order chi connectivity index (χ0) is 16.5. The molecule has 0 radical (unpaired) electrons. The number of para-hydroxylation sites is 1. The SMILES string of the molecule is CNC(=O)Cc1ccc(NC(=O)CCOc2ccccc2)cc1. The summed E-state index contributed by atoms with van der Waals surface area (Å²) in [4.78, 5) is 23.1. The van der Waals surface area contributed by atoms with Crippen LogP contribution in [0.3, 0.4) is 0 Å². The van der Waals surface area contributed by atoms with E-state index in [1.165, 1.54) is 0 Å². The highest BCUT2D eigenvalue weighted by Crippen LogP contribution is 2.11. The molecular formula is C18H20N2O3. The number of carbonyl (C=O) groups excluding carboxylic acids is 2. The van der Waals surface area contributed by atoms with Crippen LogP contribution in [0.2, 0.25) is 0 Å². The molecule has 2 amide bonds. The van der Waals surface area contributed by atoms with Crippen LogP contribution < -0.4 is 15.4 Å². The number of carbonyl (C=O) groups is 2. The summed E-state index contributed by atoms with van der Waals surface area (Å²) in [6.07, 6.45) is 0.602. The van der Waals surface area contributed by atoms with E-state index in [4.69, 9.17) is 4.74 Å². The second kappa shape index (κ2) is 8.58. The maximum atomic E-state index is 11.9. The fourth-order valence-corrected chi connectivity index (χ4v) is 1.98. The van der Waals surface area contributed by atoms with E-state index < -0.39 is 0 Å². The molecule has 2 N–H and O–H groups in total. The number of anilines is 1. The van der Waals surface area contributed by atoms with Gasteiger partial charge in [0.05, 0.1) is 19.4 Å². The summed E-state index contributed by atoms with van der Waals surface area (Å²) in [6.45, 7) is 0.324. The maximum Gasteiger partial charge on any atom is 0.227 e. The molecular weight excluding hydrogens is 292 g/mol. The lowest BCUT2D eigenvalue weighted by Crippen LogP contribution is -2.20. The molecule has 0 fully saturated rings. The topological polar surface area (TPSA) is 67.4 Å². The van der Waals surface area contributed by atoms with Gasteiger partial charge in [-0.05, 0) is 29.8 Å². The minimum atomic E-state index is -0.111. The Bertz CT molecular complexity index is 639. The van der Waals surface area contributed by atoms with Gasteiger partial charge >= 0.3 is 0 Å². The van der Waals surface area contributed by atoms with Crippen molar-refractivity contribution in [3.8, 4) is 5.75 Å². The zero-order valence-electron chi connectivity index (χ0n) is 13.0. The fraction of sp³-hybridized carbons (Fsp3) is 0.222. The predicted molar refractivity (Wildman–Crippen MR) is 89.4 cm³/mol. The van der Waals surface area contributed by atoms with Gasteiger partial charge in [-0.15, -0.1) is 0 Å². The first-order chi connectivity index (χ1) is 11.2. The Hall–Kier alpha value is -2.82. The van der Waals surface area contributed by atoms with E-state index >= 15 is 0 Å². The lowest BCUT2D eigenvalue weighted by Gasteiger charge is -2.08. The van der Waals surface area contributed by atoms with Gasteiger partial charge in [-0.1, -0.05) is 30.3 Å². The summed E-state index contributed by atoms with van der Waals surface area (Å²) in [5.41, 5.74) is 1.60. The number of ether oxygens (including phenoxy) is 1. The molecule has 0 heterocycles. The van der Waals surface area contributed by atoms with E-state index in [1.807, 2.05) is 42.5 Å². The van der Waals surface area contributed by atoms with E-state index in [1.54, 1.807) is 19.2 Å². The van der Waals surface area contributed by atoms with Crippen LogP contribution in [-0.4, -0.2) is 25.5 Å². The van der Waals surface area contributed by atoms with Gasteiger partial charge in [0, 0.05) is 12.7 Å². The lowest BCUT2D eigenvalue weighted by atomic mass is 10.1. The van der Waals surface area contributed by atoms with Gasteiger partial charge in [-0.3, -0.25) is 9.59 Å². The van der Waals surface area contributed by atoms with Crippen molar-refractivity contribution >= 4 is 17.5 Å². The predicted octanol–water partition coefficient (Wildman–Crippen LogP) is 2.38. The van der Waals surface area contributed by atoms with Crippen molar-refractivity contribution in [1.29, 1.82) is 0 Å². The van der Waals surface area contributed by atoms with Crippen molar-refractivity contribution in [2.45, 2.75) is 12.8 Å².